The number of amides is 1. The van der Waals surface area contributed by atoms with Crippen molar-refractivity contribution < 1.29 is 9.53 Å². The number of hydrogen-bond acceptors (Lipinski definition) is 3. The summed E-state index contributed by atoms with van der Waals surface area (Å²) in [6, 6.07) is 7.39. The van der Waals surface area contributed by atoms with E-state index in [0.29, 0.717) is 5.56 Å². The molecule has 1 fully saturated rings. The lowest BCUT2D eigenvalue weighted by Crippen LogP contribution is -2.48. The average molecular weight is 248 g/mol. The number of hydrogen-bond donors (Lipinski definition) is 2. The molecule has 3 N–H and O–H groups in total. The molecular weight excluding hydrogens is 228 g/mol. The zero-order chi connectivity index (χ0) is 13.0. The molecule has 1 amide bonds. The summed E-state index contributed by atoms with van der Waals surface area (Å²) in [7, 11) is 0. The highest BCUT2D eigenvalue weighted by molar-refractivity contribution is 5.92. The van der Waals surface area contributed by atoms with Gasteiger partial charge in [0, 0.05) is 24.3 Å². The summed E-state index contributed by atoms with van der Waals surface area (Å²) in [5.41, 5.74) is 6.95. The Morgan fingerprint density at radius 2 is 2.17 bits per heavy atom. The Morgan fingerprint density at radius 1 is 1.44 bits per heavy atom. The lowest BCUT2D eigenvalue weighted by molar-refractivity contribution is 0.0278. The quantitative estimate of drug-likeness (QED) is 0.847. The van der Waals surface area contributed by atoms with Crippen LogP contribution < -0.4 is 11.1 Å². The van der Waals surface area contributed by atoms with E-state index in [-0.39, 0.29) is 11.4 Å². The minimum atomic E-state index is -0.387. The molecule has 2 rings (SSSR count). The third-order valence-electron chi connectivity index (χ3n) is 3.40. The Balaban J connectivity index is 1.91. The van der Waals surface area contributed by atoms with Gasteiger partial charge >= 0.3 is 0 Å². The lowest BCUT2D eigenvalue weighted by Gasteiger charge is -2.34. The summed E-state index contributed by atoms with van der Waals surface area (Å²) >= 11 is 0. The zero-order valence-electron chi connectivity index (χ0n) is 10.7. The first-order valence-electron chi connectivity index (χ1n) is 6.31. The molecular formula is C14H20N2O2. The molecule has 0 aliphatic carbocycles. The number of primary amides is 1. The Morgan fingerprint density at radius 3 is 2.72 bits per heavy atom. The molecule has 18 heavy (non-hydrogen) atoms. The van der Waals surface area contributed by atoms with Crippen LogP contribution in [0.25, 0.3) is 0 Å². The average Bonchev–Trinajstić information content (AvgIpc) is 2.38. The number of ether oxygens (including phenoxy) is 1. The highest BCUT2D eigenvalue weighted by atomic mass is 16.5. The number of benzene rings is 1. The molecule has 98 valence electrons. The molecule has 1 aromatic rings. The summed E-state index contributed by atoms with van der Waals surface area (Å²) < 4.78 is 5.50. The van der Waals surface area contributed by atoms with Crippen LogP contribution in [0.15, 0.2) is 24.3 Å². The highest BCUT2D eigenvalue weighted by Crippen LogP contribution is 2.19. The van der Waals surface area contributed by atoms with Gasteiger partial charge < -0.3 is 15.8 Å². The van der Waals surface area contributed by atoms with Crippen molar-refractivity contribution in [3.8, 4) is 0 Å². The van der Waals surface area contributed by atoms with Crippen LogP contribution in [0, 0.1) is 0 Å². The van der Waals surface area contributed by atoms with E-state index in [1.165, 1.54) is 0 Å². The second-order valence-corrected chi connectivity index (χ2v) is 5.13. The highest BCUT2D eigenvalue weighted by Gasteiger charge is 2.26. The van der Waals surface area contributed by atoms with Crippen molar-refractivity contribution >= 4 is 5.91 Å². The van der Waals surface area contributed by atoms with Gasteiger partial charge in [-0.05, 0) is 37.5 Å². The van der Waals surface area contributed by atoms with Crippen LogP contribution in [-0.4, -0.2) is 24.7 Å². The first-order valence-corrected chi connectivity index (χ1v) is 6.31. The molecule has 0 radical (unpaired) electrons. The molecule has 4 nitrogen and oxygen atoms in total. The fourth-order valence-electron chi connectivity index (χ4n) is 2.18. The summed E-state index contributed by atoms with van der Waals surface area (Å²) in [5.74, 6) is -0.387. The number of carbonyl (C=O) groups excluding carboxylic acids is 1. The second kappa shape index (κ2) is 5.50. The van der Waals surface area contributed by atoms with E-state index >= 15 is 0 Å². The molecule has 1 atom stereocenters. The summed E-state index contributed by atoms with van der Waals surface area (Å²) in [4.78, 5) is 11.0. The molecule has 1 aliphatic heterocycles. The van der Waals surface area contributed by atoms with Gasteiger partial charge in [-0.15, -0.1) is 0 Å². The van der Waals surface area contributed by atoms with Crippen molar-refractivity contribution in [1.82, 2.24) is 5.32 Å². The third kappa shape index (κ3) is 3.31. The van der Waals surface area contributed by atoms with Crippen LogP contribution in [-0.2, 0) is 11.3 Å². The molecule has 1 aliphatic rings. The van der Waals surface area contributed by atoms with E-state index in [1.807, 2.05) is 12.1 Å². The number of rotatable bonds is 4. The van der Waals surface area contributed by atoms with Crippen LogP contribution in [0.1, 0.15) is 35.7 Å². The first-order chi connectivity index (χ1) is 8.59. The van der Waals surface area contributed by atoms with E-state index in [0.717, 1.165) is 38.2 Å². The molecule has 1 heterocycles. The number of carbonyl (C=O) groups is 1. The Kier molecular flexibility index (Phi) is 3.99. The van der Waals surface area contributed by atoms with E-state index in [4.69, 9.17) is 10.5 Å². The smallest absolute Gasteiger partial charge is 0.248 e. The lowest BCUT2D eigenvalue weighted by atomic mass is 9.94. The van der Waals surface area contributed by atoms with Gasteiger partial charge in [-0.2, -0.15) is 0 Å². The Labute approximate surface area is 108 Å². The van der Waals surface area contributed by atoms with Crippen LogP contribution in [0.2, 0.25) is 0 Å². The standard InChI is InChI=1S/C14H20N2O2/c1-14(7-2-8-18-10-14)16-9-11-3-5-12(6-4-11)13(15)17/h3-6,16H,2,7-10H2,1H3,(H2,15,17). The van der Waals surface area contributed by atoms with Gasteiger partial charge in [0.2, 0.25) is 5.91 Å². The zero-order valence-corrected chi connectivity index (χ0v) is 10.7. The minimum Gasteiger partial charge on any atom is -0.380 e. The molecule has 0 saturated carbocycles. The SMILES string of the molecule is CC1(NCc2ccc(C(N)=O)cc2)CCCOC1. The maximum atomic E-state index is 11.0. The molecule has 1 aromatic carbocycles. The summed E-state index contributed by atoms with van der Waals surface area (Å²) in [5, 5.41) is 3.52. The van der Waals surface area contributed by atoms with Crippen LogP contribution in [0.3, 0.4) is 0 Å². The van der Waals surface area contributed by atoms with E-state index in [9.17, 15) is 4.79 Å². The van der Waals surface area contributed by atoms with Gasteiger partial charge in [0.25, 0.3) is 0 Å². The molecule has 0 bridgehead atoms. The number of nitrogens with one attached hydrogen (secondary N) is 1. The van der Waals surface area contributed by atoms with Crippen molar-refractivity contribution in [2.75, 3.05) is 13.2 Å². The van der Waals surface area contributed by atoms with Crippen LogP contribution in [0.5, 0.6) is 0 Å². The molecule has 1 saturated heterocycles. The summed E-state index contributed by atoms with van der Waals surface area (Å²) in [6.45, 7) is 4.58. The molecule has 4 heteroatoms. The maximum absolute atomic E-state index is 11.0. The van der Waals surface area contributed by atoms with E-state index < -0.39 is 0 Å². The topological polar surface area (TPSA) is 64.3 Å². The van der Waals surface area contributed by atoms with Gasteiger partial charge in [0.1, 0.15) is 0 Å². The Hall–Kier alpha value is -1.39. The molecule has 1 unspecified atom stereocenters. The third-order valence-corrected chi connectivity index (χ3v) is 3.40. The van der Waals surface area contributed by atoms with E-state index in [2.05, 4.69) is 12.2 Å². The summed E-state index contributed by atoms with van der Waals surface area (Å²) in [6.07, 6.45) is 2.23. The van der Waals surface area contributed by atoms with Gasteiger partial charge in [-0.25, -0.2) is 0 Å². The maximum Gasteiger partial charge on any atom is 0.248 e. The van der Waals surface area contributed by atoms with Crippen LogP contribution >= 0.6 is 0 Å². The fraction of sp³-hybridized carbons (Fsp3) is 0.500. The van der Waals surface area contributed by atoms with Gasteiger partial charge in [-0.3, -0.25) is 4.79 Å². The van der Waals surface area contributed by atoms with Crippen molar-refractivity contribution in [2.24, 2.45) is 5.73 Å². The fourth-order valence-corrected chi connectivity index (χ4v) is 2.18. The van der Waals surface area contributed by atoms with Crippen molar-refractivity contribution in [3.63, 3.8) is 0 Å². The van der Waals surface area contributed by atoms with Gasteiger partial charge in [-0.1, -0.05) is 12.1 Å². The second-order valence-electron chi connectivity index (χ2n) is 5.13. The van der Waals surface area contributed by atoms with Gasteiger partial charge in [0.15, 0.2) is 0 Å². The molecule has 0 aromatic heterocycles. The first kappa shape index (κ1) is 13.1. The van der Waals surface area contributed by atoms with E-state index in [1.54, 1.807) is 12.1 Å². The van der Waals surface area contributed by atoms with Crippen molar-refractivity contribution in [1.29, 1.82) is 0 Å². The normalized spacial score (nSPS) is 23.8. The van der Waals surface area contributed by atoms with Crippen molar-refractivity contribution in [2.45, 2.75) is 31.8 Å². The van der Waals surface area contributed by atoms with Crippen molar-refractivity contribution in [3.05, 3.63) is 35.4 Å². The number of nitrogens with two attached hydrogens (primary N) is 1. The predicted octanol–water partition coefficient (Wildman–Crippen LogP) is 1.44. The predicted molar refractivity (Wildman–Crippen MR) is 70.3 cm³/mol. The molecule has 0 spiro atoms. The van der Waals surface area contributed by atoms with Crippen LogP contribution in [0.4, 0.5) is 0 Å². The Bertz CT molecular complexity index is 408. The minimum absolute atomic E-state index is 0.0562. The largest absolute Gasteiger partial charge is 0.380 e. The van der Waals surface area contributed by atoms with Gasteiger partial charge in [0.05, 0.1) is 6.61 Å². The monoisotopic (exact) mass is 248 g/mol.